The molecule has 0 radical (unpaired) electrons. The van der Waals surface area contributed by atoms with E-state index in [-0.39, 0.29) is 107 Å². The molecule has 32 heavy (non-hydrogen) atoms. The van der Waals surface area contributed by atoms with E-state index < -0.39 is 0 Å². The number of rotatable bonds is 12. The minimum Gasteiger partial charge on any atom is -0.854 e. The molecule has 8 heteroatoms. The Labute approximate surface area is 253 Å². The van der Waals surface area contributed by atoms with E-state index in [0.29, 0.717) is 0 Å². The molecule has 0 rings (SSSR count). The van der Waals surface area contributed by atoms with Gasteiger partial charge < -0.3 is 30.6 Å². The summed E-state index contributed by atoms with van der Waals surface area (Å²) in [6.45, 7) is 12.6. The van der Waals surface area contributed by atoms with Crippen molar-refractivity contribution in [3.8, 4) is 0 Å². The smallest absolute Gasteiger partial charge is 0.854 e. The fraction of sp³-hybridized carbons (Fsp3) is 1.00. The van der Waals surface area contributed by atoms with Crippen LogP contribution in [0.3, 0.4) is 0 Å². The van der Waals surface area contributed by atoms with Gasteiger partial charge in [-0.15, -0.1) is 39.6 Å². The maximum absolute atomic E-state index is 9.53. The summed E-state index contributed by atoms with van der Waals surface area (Å²) >= 11 is 0. The number of hydrogen-bond donors (Lipinski definition) is 0. The van der Waals surface area contributed by atoms with E-state index in [9.17, 15) is 30.6 Å². The van der Waals surface area contributed by atoms with Crippen molar-refractivity contribution in [1.82, 2.24) is 0 Å². The summed E-state index contributed by atoms with van der Waals surface area (Å²) in [5.41, 5.74) is 0. The Morgan fingerprint density at radius 2 is 0.406 bits per heavy atom. The molecule has 0 aromatic rings. The van der Waals surface area contributed by atoms with Gasteiger partial charge in [-0.25, -0.2) is 0 Å². The predicted octanol–water partition coefficient (Wildman–Crippen LogP) is 0.498. The number of unbranched alkanes of at least 4 members (excludes halogenated alkanes) is 6. The van der Waals surface area contributed by atoms with Crippen molar-refractivity contribution in [2.45, 2.75) is 119 Å². The zero-order chi connectivity index (χ0) is 24.7. The van der Waals surface area contributed by atoms with E-state index in [1.165, 1.54) is 0 Å². The van der Waals surface area contributed by atoms with E-state index in [1.54, 1.807) is 0 Å². The largest absolute Gasteiger partial charge is 4.00 e. The fourth-order valence-electron chi connectivity index (χ4n) is 0.866. The van der Waals surface area contributed by atoms with Gasteiger partial charge in [-0.05, 0) is 0 Å². The van der Waals surface area contributed by atoms with E-state index >= 15 is 0 Å². The number of hydrogen-bond acceptors (Lipinski definition) is 6. The van der Waals surface area contributed by atoms with Gasteiger partial charge in [-0.2, -0.15) is 0 Å². The molecule has 0 fully saturated rings. The third kappa shape index (κ3) is 157. The topological polar surface area (TPSA) is 138 Å². The summed E-state index contributed by atoms with van der Waals surface area (Å²) in [5, 5.41) is 57.2. The van der Waals surface area contributed by atoms with Gasteiger partial charge in [0.15, 0.2) is 0 Å². The van der Waals surface area contributed by atoms with Crippen molar-refractivity contribution in [1.29, 1.82) is 0 Å². The predicted molar refractivity (Wildman–Crippen MR) is 124 cm³/mol. The summed E-state index contributed by atoms with van der Waals surface area (Å²) in [7, 11) is 0. The van der Waals surface area contributed by atoms with Gasteiger partial charge in [-0.1, -0.05) is 119 Å². The molecule has 0 atom stereocenters. The van der Waals surface area contributed by atoms with Crippen molar-refractivity contribution in [2.75, 3.05) is 39.6 Å². The van der Waals surface area contributed by atoms with Crippen molar-refractivity contribution in [3.63, 3.8) is 0 Å². The standard InChI is InChI=1S/6C4H9O.Sr.Ti/c6*1-2-3-4-5;;/h6*2-4H2,1H3;;/q6*-1;+2;+4. The minimum absolute atomic E-state index is 0. The molecule has 0 aromatic carbocycles. The molecule has 6 nitrogen and oxygen atoms in total. The van der Waals surface area contributed by atoms with Gasteiger partial charge in [0, 0.05) is 0 Å². The summed E-state index contributed by atoms with van der Waals surface area (Å²) in [6, 6.07) is 0. The molecule has 0 aliphatic heterocycles. The van der Waals surface area contributed by atoms with Crippen LogP contribution in [0.2, 0.25) is 0 Å². The minimum atomic E-state index is 0. The molecule has 0 saturated heterocycles. The van der Waals surface area contributed by atoms with Gasteiger partial charge >= 0.3 is 67.2 Å². The summed E-state index contributed by atoms with van der Waals surface area (Å²) in [4.78, 5) is 0. The van der Waals surface area contributed by atoms with Crippen molar-refractivity contribution >= 4 is 45.5 Å². The van der Waals surface area contributed by atoms with Crippen LogP contribution in [0.5, 0.6) is 0 Å². The molecular weight excluding hydrogens is 520 g/mol. The van der Waals surface area contributed by atoms with Crippen LogP contribution in [0.1, 0.15) is 119 Å². The van der Waals surface area contributed by atoms with Gasteiger partial charge in [0.1, 0.15) is 0 Å². The zero-order valence-corrected chi connectivity index (χ0v) is 27.4. The van der Waals surface area contributed by atoms with Crippen LogP contribution < -0.4 is 30.6 Å². The monoisotopic (exact) mass is 574 g/mol. The quantitative estimate of drug-likeness (QED) is 0.312. The van der Waals surface area contributed by atoms with Crippen LogP contribution in [-0.2, 0) is 21.7 Å². The molecule has 0 spiro atoms. The van der Waals surface area contributed by atoms with Crippen LogP contribution in [0.15, 0.2) is 0 Å². The van der Waals surface area contributed by atoms with E-state index in [0.717, 1.165) is 77.0 Å². The Morgan fingerprint density at radius 3 is 0.406 bits per heavy atom. The average Bonchev–Trinajstić information content (AvgIpc) is 2.74. The second-order valence-corrected chi connectivity index (χ2v) is 6.35. The average molecular weight is 574 g/mol. The van der Waals surface area contributed by atoms with Crippen LogP contribution in [-0.4, -0.2) is 85.1 Å². The Kier molecular flexibility index (Phi) is 145. The van der Waals surface area contributed by atoms with Crippen molar-refractivity contribution < 1.29 is 52.4 Å². The Hall–Kier alpha value is 1.95. The fourth-order valence-corrected chi connectivity index (χ4v) is 0.866. The van der Waals surface area contributed by atoms with E-state index in [2.05, 4.69) is 0 Å². The van der Waals surface area contributed by atoms with E-state index in [1.807, 2.05) is 41.5 Å². The first-order valence-electron chi connectivity index (χ1n) is 12.0. The third-order valence-corrected chi connectivity index (χ3v) is 2.99. The molecular formula is C24H54O6SrTi. The summed E-state index contributed by atoms with van der Waals surface area (Å²) < 4.78 is 0. The molecule has 0 N–H and O–H groups in total. The van der Waals surface area contributed by atoms with Crippen LogP contribution in [0.4, 0.5) is 0 Å². The molecule has 0 amide bonds. The first-order valence-corrected chi connectivity index (χ1v) is 12.0. The maximum Gasteiger partial charge on any atom is 4.00 e. The third-order valence-electron chi connectivity index (χ3n) is 2.99. The molecule has 0 bridgehead atoms. The van der Waals surface area contributed by atoms with Crippen molar-refractivity contribution in [2.24, 2.45) is 0 Å². The van der Waals surface area contributed by atoms with Crippen LogP contribution >= 0.6 is 0 Å². The van der Waals surface area contributed by atoms with Gasteiger partial charge in [0.05, 0.1) is 0 Å². The van der Waals surface area contributed by atoms with E-state index in [4.69, 9.17) is 0 Å². The Bertz CT molecular complexity index is 126. The first kappa shape index (κ1) is 54.7. The second kappa shape index (κ2) is 84.5. The molecule has 0 saturated carbocycles. The molecule has 0 heterocycles. The zero-order valence-electron chi connectivity index (χ0n) is 22.4. The second-order valence-electron chi connectivity index (χ2n) is 6.35. The SMILES string of the molecule is CCCC[O-].CCCC[O-].CCCC[O-].CCCC[O-].CCCC[O-].CCCC[O-].[Sr+2].[Ti+4]. The van der Waals surface area contributed by atoms with Crippen LogP contribution in [0.25, 0.3) is 0 Å². The van der Waals surface area contributed by atoms with Gasteiger partial charge in [0.2, 0.25) is 0 Å². The summed E-state index contributed by atoms with van der Waals surface area (Å²) in [6.07, 6.45) is 11.2. The van der Waals surface area contributed by atoms with Gasteiger partial charge in [0.25, 0.3) is 0 Å². The van der Waals surface area contributed by atoms with Gasteiger partial charge in [-0.3, -0.25) is 0 Å². The van der Waals surface area contributed by atoms with Crippen LogP contribution in [0, 0.1) is 0 Å². The maximum atomic E-state index is 9.53. The molecule has 192 valence electrons. The summed E-state index contributed by atoms with van der Waals surface area (Å²) in [5.74, 6) is 0. The Balaban J connectivity index is -0.0000000356. The molecule has 0 aliphatic rings. The normalized spacial score (nSPS) is 7.88. The molecule has 0 aliphatic carbocycles. The Morgan fingerprint density at radius 1 is 0.312 bits per heavy atom. The first-order chi connectivity index (χ1) is 14.5. The molecule has 0 unspecified atom stereocenters. The van der Waals surface area contributed by atoms with Crippen molar-refractivity contribution in [3.05, 3.63) is 0 Å². The molecule has 0 aromatic heterocycles.